The number of methoxy groups -OCH3 is 1. The fourth-order valence-corrected chi connectivity index (χ4v) is 3.55. The molecule has 0 N–H and O–H groups in total. The molecule has 1 fully saturated rings. The van der Waals surface area contributed by atoms with Gasteiger partial charge in [0.05, 0.1) is 12.7 Å². The van der Waals surface area contributed by atoms with Gasteiger partial charge in [0, 0.05) is 13.1 Å². The lowest BCUT2D eigenvalue weighted by Crippen LogP contribution is -2.42. The number of carbonyl (C=O) groups is 1. The number of benzene rings is 2. The van der Waals surface area contributed by atoms with Crippen molar-refractivity contribution in [3.8, 4) is 5.75 Å². The van der Waals surface area contributed by atoms with Gasteiger partial charge in [0.2, 0.25) is 0 Å². The summed E-state index contributed by atoms with van der Waals surface area (Å²) in [5.74, 6) is 1.86. The van der Waals surface area contributed by atoms with Gasteiger partial charge in [-0.2, -0.15) is 0 Å². The minimum Gasteiger partial charge on any atom is -0.496 e. The van der Waals surface area contributed by atoms with Crippen LogP contribution in [0.25, 0.3) is 10.8 Å². The van der Waals surface area contributed by atoms with Crippen molar-refractivity contribution in [1.29, 1.82) is 0 Å². The second-order valence-corrected chi connectivity index (χ2v) is 6.56. The van der Waals surface area contributed by atoms with Crippen molar-refractivity contribution in [2.75, 3.05) is 20.2 Å². The average molecular weight is 297 g/mol. The summed E-state index contributed by atoms with van der Waals surface area (Å²) in [5.41, 5.74) is 0.669. The topological polar surface area (TPSA) is 29.5 Å². The van der Waals surface area contributed by atoms with E-state index in [1.54, 1.807) is 7.11 Å². The molecule has 0 spiro atoms. The number of hydrogen-bond acceptors (Lipinski definition) is 2. The summed E-state index contributed by atoms with van der Waals surface area (Å²) in [6, 6.07) is 12.0. The zero-order valence-corrected chi connectivity index (χ0v) is 13.5. The Morgan fingerprint density at radius 3 is 2.27 bits per heavy atom. The van der Waals surface area contributed by atoms with Crippen LogP contribution in [0.2, 0.25) is 0 Å². The number of likely N-dealkylation sites (tertiary alicyclic amines) is 1. The maximum Gasteiger partial charge on any atom is 0.257 e. The predicted octanol–water partition coefficient (Wildman–Crippen LogP) is 3.97. The molecule has 2 aromatic carbocycles. The summed E-state index contributed by atoms with van der Waals surface area (Å²) in [6.07, 6.45) is 1.19. The Hall–Kier alpha value is -2.03. The molecular weight excluding hydrogens is 274 g/mol. The highest BCUT2D eigenvalue weighted by molar-refractivity contribution is 6.01. The van der Waals surface area contributed by atoms with Crippen molar-refractivity contribution >= 4 is 16.7 Å². The molecule has 22 heavy (non-hydrogen) atoms. The van der Waals surface area contributed by atoms with E-state index in [9.17, 15) is 4.79 Å². The monoisotopic (exact) mass is 297 g/mol. The van der Waals surface area contributed by atoms with Crippen molar-refractivity contribution in [3.63, 3.8) is 0 Å². The van der Waals surface area contributed by atoms with Crippen molar-refractivity contribution in [1.82, 2.24) is 4.90 Å². The Balaban J connectivity index is 1.99. The number of amides is 1. The van der Waals surface area contributed by atoms with Gasteiger partial charge < -0.3 is 9.64 Å². The van der Waals surface area contributed by atoms with E-state index in [0.717, 1.165) is 23.9 Å². The molecule has 2 aromatic rings. The Morgan fingerprint density at radius 1 is 1.09 bits per heavy atom. The van der Waals surface area contributed by atoms with Gasteiger partial charge in [0.25, 0.3) is 5.91 Å². The van der Waals surface area contributed by atoms with Gasteiger partial charge in [-0.1, -0.05) is 38.1 Å². The maximum absolute atomic E-state index is 13.0. The van der Waals surface area contributed by atoms with Gasteiger partial charge in [-0.25, -0.2) is 0 Å². The van der Waals surface area contributed by atoms with Crippen LogP contribution >= 0.6 is 0 Å². The van der Waals surface area contributed by atoms with Gasteiger partial charge in [0.1, 0.15) is 5.75 Å². The lowest BCUT2D eigenvalue weighted by atomic mass is 9.91. The fraction of sp³-hybridized carbons (Fsp3) is 0.421. The van der Waals surface area contributed by atoms with E-state index < -0.39 is 0 Å². The highest BCUT2D eigenvalue weighted by Crippen LogP contribution is 2.29. The Bertz CT molecular complexity index is 685. The molecule has 3 nitrogen and oxygen atoms in total. The molecule has 0 saturated carbocycles. The summed E-state index contributed by atoms with van der Waals surface area (Å²) in [6.45, 7) is 6.10. The molecule has 0 aliphatic carbocycles. The Kier molecular flexibility index (Phi) is 4.06. The van der Waals surface area contributed by atoms with E-state index in [1.807, 2.05) is 41.3 Å². The van der Waals surface area contributed by atoms with Crippen LogP contribution in [0.4, 0.5) is 0 Å². The first kappa shape index (κ1) is 14.9. The van der Waals surface area contributed by atoms with E-state index in [1.165, 1.54) is 6.42 Å². The van der Waals surface area contributed by atoms with Crippen LogP contribution in [0.3, 0.4) is 0 Å². The van der Waals surface area contributed by atoms with Crippen LogP contribution in [-0.2, 0) is 0 Å². The van der Waals surface area contributed by atoms with Gasteiger partial charge in [0.15, 0.2) is 0 Å². The molecule has 1 saturated heterocycles. The molecule has 3 rings (SSSR count). The number of fused-ring (bicyclic) bond motifs is 1. The molecule has 0 aromatic heterocycles. The van der Waals surface area contributed by atoms with Crippen molar-refractivity contribution in [2.24, 2.45) is 11.8 Å². The van der Waals surface area contributed by atoms with Crippen LogP contribution in [0, 0.1) is 11.8 Å². The van der Waals surface area contributed by atoms with Crippen LogP contribution in [0.15, 0.2) is 36.4 Å². The van der Waals surface area contributed by atoms with Crippen molar-refractivity contribution in [2.45, 2.75) is 20.3 Å². The minimum atomic E-state index is 0.0843. The molecule has 0 unspecified atom stereocenters. The third-order valence-electron chi connectivity index (χ3n) is 4.45. The maximum atomic E-state index is 13.0. The second-order valence-electron chi connectivity index (χ2n) is 6.56. The lowest BCUT2D eigenvalue weighted by Gasteiger charge is -2.35. The van der Waals surface area contributed by atoms with E-state index in [4.69, 9.17) is 4.74 Å². The SMILES string of the molecule is COc1cc2ccccc2cc1C(=O)N1C[C@H](C)C[C@@H](C)C1. The van der Waals surface area contributed by atoms with E-state index in [2.05, 4.69) is 13.8 Å². The average Bonchev–Trinajstić information content (AvgIpc) is 2.52. The van der Waals surface area contributed by atoms with Gasteiger partial charge in [-0.05, 0) is 41.2 Å². The third kappa shape index (κ3) is 2.80. The van der Waals surface area contributed by atoms with Crippen LogP contribution in [0.1, 0.15) is 30.6 Å². The number of hydrogen-bond donors (Lipinski definition) is 0. The molecular formula is C19H23NO2. The fourth-order valence-electron chi connectivity index (χ4n) is 3.55. The Labute approximate surface area is 131 Å². The summed E-state index contributed by atoms with van der Waals surface area (Å²) < 4.78 is 5.47. The lowest BCUT2D eigenvalue weighted by molar-refractivity contribution is 0.0620. The zero-order chi connectivity index (χ0) is 15.7. The minimum absolute atomic E-state index is 0.0843. The normalized spacial score (nSPS) is 21.9. The number of carbonyl (C=O) groups excluding carboxylic acids is 1. The first-order valence-electron chi connectivity index (χ1n) is 7.94. The van der Waals surface area contributed by atoms with Crippen molar-refractivity contribution < 1.29 is 9.53 Å². The molecule has 1 aliphatic rings. The number of piperidine rings is 1. The summed E-state index contributed by atoms with van der Waals surface area (Å²) in [5, 5.41) is 2.17. The molecule has 116 valence electrons. The molecule has 2 atom stereocenters. The Morgan fingerprint density at radius 2 is 1.68 bits per heavy atom. The van der Waals surface area contributed by atoms with Gasteiger partial charge in [-0.3, -0.25) is 4.79 Å². The van der Waals surface area contributed by atoms with Crippen LogP contribution in [0.5, 0.6) is 5.75 Å². The molecule has 0 radical (unpaired) electrons. The summed E-state index contributed by atoms with van der Waals surface area (Å²) in [7, 11) is 1.63. The predicted molar refractivity (Wildman–Crippen MR) is 89.3 cm³/mol. The van der Waals surface area contributed by atoms with E-state index in [0.29, 0.717) is 23.1 Å². The third-order valence-corrected chi connectivity index (χ3v) is 4.45. The smallest absolute Gasteiger partial charge is 0.257 e. The molecule has 1 amide bonds. The first-order chi connectivity index (χ1) is 10.6. The van der Waals surface area contributed by atoms with Crippen LogP contribution < -0.4 is 4.74 Å². The van der Waals surface area contributed by atoms with Gasteiger partial charge in [-0.15, -0.1) is 0 Å². The van der Waals surface area contributed by atoms with Crippen LogP contribution in [-0.4, -0.2) is 31.0 Å². The molecule has 1 heterocycles. The van der Waals surface area contributed by atoms with Crippen molar-refractivity contribution in [3.05, 3.63) is 42.0 Å². The largest absolute Gasteiger partial charge is 0.496 e. The van der Waals surface area contributed by atoms with E-state index >= 15 is 0 Å². The first-order valence-corrected chi connectivity index (χ1v) is 7.94. The zero-order valence-electron chi connectivity index (χ0n) is 13.5. The summed E-state index contributed by atoms with van der Waals surface area (Å²) >= 11 is 0. The molecule has 0 bridgehead atoms. The quantitative estimate of drug-likeness (QED) is 0.839. The summed E-state index contributed by atoms with van der Waals surface area (Å²) in [4.78, 5) is 14.9. The number of nitrogens with zero attached hydrogens (tertiary/aromatic N) is 1. The number of rotatable bonds is 2. The van der Waals surface area contributed by atoms with E-state index in [-0.39, 0.29) is 5.91 Å². The highest BCUT2D eigenvalue weighted by Gasteiger charge is 2.27. The standard InChI is InChI=1S/C19H23NO2/c1-13-8-14(2)12-20(11-13)19(21)17-9-15-6-4-5-7-16(15)10-18(17)22-3/h4-7,9-10,13-14H,8,11-12H2,1-3H3/t13-,14-/m1/s1. The highest BCUT2D eigenvalue weighted by atomic mass is 16.5. The number of ether oxygens (including phenoxy) is 1. The molecule has 1 aliphatic heterocycles. The molecule has 3 heteroatoms. The second kappa shape index (κ2) is 5.99. The van der Waals surface area contributed by atoms with Gasteiger partial charge >= 0.3 is 0 Å².